The van der Waals surface area contributed by atoms with Gasteiger partial charge in [0.25, 0.3) is 0 Å². The number of benzene rings is 4. The van der Waals surface area contributed by atoms with Gasteiger partial charge in [-0.3, -0.25) is 14.8 Å². The van der Waals surface area contributed by atoms with Crippen LogP contribution in [0.2, 0.25) is 10.0 Å². The van der Waals surface area contributed by atoms with E-state index < -0.39 is 29.2 Å². The lowest BCUT2D eigenvalue weighted by Gasteiger charge is -2.47. The Kier molecular flexibility index (Phi) is 16.2. The summed E-state index contributed by atoms with van der Waals surface area (Å²) in [6, 6.07) is 17.6. The van der Waals surface area contributed by atoms with Crippen LogP contribution in [0.4, 0.5) is 25.2 Å². The average Bonchev–Trinajstić information content (AvgIpc) is 2.11. The number of rotatable bonds is 10. The second kappa shape index (κ2) is 23.5. The van der Waals surface area contributed by atoms with Crippen molar-refractivity contribution in [2.75, 3.05) is 49.9 Å². The number of nitrogens with zero attached hydrogens (tertiary/aromatic N) is 10. The Balaban J connectivity index is 0.000000163. The molecule has 19 nitrogen and oxygen atoms in total. The molecule has 12 rings (SSSR count). The second-order valence-electron chi connectivity index (χ2n) is 20.7. The van der Waals surface area contributed by atoms with Crippen LogP contribution in [-0.2, 0) is 28.6 Å². The largest absolute Gasteiger partial charge is 0.508 e. The number of hydrogen-bond donors (Lipinski definition) is 1. The third-order valence-electron chi connectivity index (χ3n) is 14.6. The number of esters is 2. The van der Waals surface area contributed by atoms with E-state index in [1.54, 1.807) is 53.7 Å². The molecule has 23 heteroatoms. The Morgan fingerprint density at radius 2 is 1.19 bits per heavy atom. The van der Waals surface area contributed by atoms with Gasteiger partial charge in [0.1, 0.15) is 63.8 Å². The van der Waals surface area contributed by atoms with Crippen LogP contribution in [0, 0.1) is 11.6 Å². The Hall–Kier alpha value is -8.92. The number of carbonyl (C=O) groups excluding carboxylic acids is 4. The summed E-state index contributed by atoms with van der Waals surface area (Å²) in [5.74, 6) is -1.12. The number of fused-ring (bicyclic) bond motifs is 6. The number of phenolic OH excluding ortho intramolecular Hbond substituents is 1. The van der Waals surface area contributed by atoms with Crippen LogP contribution < -0.4 is 14.5 Å². The van der Waals surface area contributed by atoms with E-state index in [4.69, 9.17) is 37.4 Å². The number of anilines is 2. The third kappa shape index (κ3) is 11.1. The van der Waals surface area contributed by atoms with Gasteiger partial charge in [-0.25, -0.2) is 43.1 Å². The zero-order valence-electron chi connectivity index (χ0n) is 45.4. The first-order chi connectivity index (χ1) is 39.8. The highest BCUT2D eigenvalue weighted by molar-refractivity contribution is 6.37. The number of amides is 2. The van der Waals surface area contributed by atoms with Crippen LogP contribution in [-0.4, -0.2) is 139 Å². The van der Waals surface area contributed by atoms with E-state index >= 15 is 8.78 Å². The van der Waals surface area contributed by atoms with Gasteiger partial charge >= 0.3 is 18.0 Å². The highest BCUT2D eigenvalue weighted by Crippen LogP contribution is 2.44. The van der Waals surface area contributed by atoms with Gasteiger partial charge in [-0.15, -0.1) is 0 Å². The minimum atomic E-state index is -0.764. The van der Waals surface area contributed by atoms with Crippen LogP contribution in [0.5, 0.6) is 11.5 Å². The predicted octanol–water partition coefficient (Wildman–Crippen LogP) is 10.6. The molecule has 4 aromatic carbocycles. The number of methoxy groups -OCH3 is 1. The summed E-state index contributed by atoms with van der Waals surface area (Å²) in [5.41, 5.74) is 0.767. The number of ether oxygens (including phenoxy) is 4. The lowest BCUT2D eigenvalue weighted by atomic mass is 9.96. The maximum Gasteiger partial charge on any atom is 0.410 e. The molecule has 8 aromatic rings. The molecule has 0 spiro atoms. The zero-order chi connectivity index (χ0) is 59.0. The quantitative estimate of drug-likeness (QED) is 0.0583. The summed E-state index contributed by atoms with van der Waals surface area (Å²) >= 11 is 13.0. The van der Waals surface area contributed by atoms with E-state index in [2.05, 4.69) is 64.2 Å². The summed E-state index contributed by atoms with van der Waals surface area (Å²) in [6.45, 7) is 17.8. The monoisotopic (exact) mass is 1170 g/mol. The van der Waals surface area contributed by atoms with Gasteiger partial charge in [-0.05, 0) is 86.9 Å². The van der Waals surface area contributed by atoms with E-state index in [0.29, 0.717) is 91.7 Å². The molecule has 0 unspecified atom stereocenters. The number of aromatic hydroxyl groups is 1. The Bertz CT molecular complexity index is 3940. The summed E-state index contributed by atoms with van der Waals surface area (Å²) in [5, 5.41) is 14.8. The van der Waals surface area contributed by atoms with Crippen LogP contribution in [0.25, 0.3) is 65.9 Å². The highest BCUT2D eigenvalue weighted by atomic mass is 35.5. The fraction of sp³-hybridized carbons (Fsp3) is 0.267. The van der Waals surface area contributed by atoms with Gasteiger partial charge in [0, 0.05) is 89.8 Å². The Morgan fingerprint density at radius 1 is 0.687 bits per heavy atom. The molecule has 426 valence electrons. The van der Waals surface area contributed by atoms with E-state index in [-0.39, 0.29) is 71.1 Å². The molecule has 4 fully saturated rings. The summed E-state index contributed by atoms with van der Waals surface area (Å²) in [7, 11) is 1.53. The number of carbonyl (C=O) groups is 4. The molecule has 4 aliphatic rings. The van der Waals surface area contributed by atoms with Gasteiger partial charge in [-0.1, -0.05) is 67.2 Å². The number of phenols is 1. The second-order valence-corrected chi connectivity index (χ2v) is 21.5. The molecule has 4 atom stereocenters. The number of aromatic nitrogens is 6. The first-order valence-electron chi connectivity index (χ1n) is 26.2. The molecule has 83 heavy (non-hydrogen) atoms. The Labute approximate surface area is 484 Å². The summed E-state index contributed by atoms with van der Waals surface area (Å²) in [6.07, 6.45) is 10.3. The van der Waals surface area contributed by atoms with Crippen LogP contribution >= 0.6 is 23.2 Å². The normalized spacial score (nSPS) is 17.7. The van der Waals surface area contributed by atoms with Gasteiger partial charge in [0.2, 0.25) is 5.91 Å². The first-order valence-corrected chi connectivity index (χ1v) is 26.9. The molecule has 0 aliphatic carbocycles. The van der Waals surface area contributed by atoms with Crippen LogP contribution in [0.15, 0.2) is 124 Å². The third-order valence-corrected chi connectivity index (χ3v) is 15.2. The molecule has 4 aromatic heterocycles. The Morgan fingerprint density at radius 3 is 1.70 bits per heavy atom. The van der Waals surface area contributed by atoms with Crippen molar-refractivity contribution in [3.63, 3.8) is 0 Å². The predicted molar refractivity (Wildman–Crippen MR) is 310 cm³/mol. The van der Waals surface area contributed by atoms with E-state index in [1.165, 1.54) is 31.9 Å². The molecule has 0 bridgehead atoms. The molecule has 2 amide bonds. The summed E-state index contributed by atoms with van der Waals surface area (Å²) < 4.78 is 52.4. The molecule has 1 N–H and O–H groups in total. The van der Waals surface area contributed by atoms with Crippen LogP contribution in [0.1, 0.15) is 33.6 Å². The fourth-order valence-corrected chi connectivity index (χ4v) is 11.5. The first kappa shape index (κ1) is 57.3. The topological polar surface area (TPSA) is 216 Å². The van der Waals surface area contributed by atoms with Crippen molar-refractivity contribution < 1.29 is 52.0 Å². The van der Waals surface area contributed by atoms with Crippen molar-refractivity contribution in [3.8, 4) is 34.0 Å². The van der Waals surface area contributed by atoms with E-state index in [1.807, 2.05) is 43.9 Å². The lowest BCUT2D eigenvalue weighted by molar-refractivity contribution is -0.152. The number of pyridine rings is 2. The van der Waals surface area contributed by atoms with Crippen molar-refractivity contribution in [1.82, 2.24) is 39.7 Å². The van der Waals surface area contributed by atoms with Gasteiger partial charge in [-0.2, -0.15) is 0 Å². The van der Waals surface area contributed by atoms with E-state index in [0.717, 1.165) is 30.4 Å². The molecule has 4 saturated heterocycles. The van der Waals surface area contributed by atoms with Crippen molar-refractivity contribution >= 4 is 102 Å². The van der Waals surface area contributed by atoms with Gasteiger partial charge < -0.3 is 43.7 Å². The molecule has 0 saturated carbocycles. The minimum Gasteiger partial charge on any atom is -0.508 e. The van der Waals surface area contributed by atoms with Crippen molar-refractivity contribution in [1.29, 1.82) is 0 Å². The maximum atomic E-state index is 16.2. The number of likely N-dealkylation sites (tertiary alicyclic amines) is 2. The number of halogens is 4. The minimum absolute atomic E-state index is 0.0130. The number of hydrogen-bond acceptors (Lipinski definition) is 17. The van der Waals surface area contributed by atoms with Crippen LogP contribution in [0.3, 0.4) is 0 Å². The molecule has 4 aliphatic heterocycles. The standard InChI is InChI=1S/C29H29ClFN5O4.C25H19ClFN5O2.C6H6O3/c1-29(2,3)40-28(37)35-9-8-21-22(35)13-36(21)27-19-12-32-25(24(31)26(19)33-14-34-27)18-11-17(39-15-38-4)10-16-6-5-7-20(30)23(16)18;1-2-20(34)31-7-6-18-19(31)11-32(18)25-16-10-28-23(22(27)24(16)29-12-30-25)15-9-14(33)8-13-4-3-5-17(26)21(13)15;1-3-5(7)9-6(8)4-2/h5-7,10-12,14,21-22H,8-9,13,15H2,1-4H3;2-5,8-10,12,18-19,33H,1,6-7,11H2;3-4H,1-2H2/t21-,22-;18-,19-;/m11./s1. The van der Waals surface area contributed by atoms with Gasteiger partial charge in [0.15, 0.2) is 18.4 Å². The molecule has 8 heterocycles. The average molecular weight is 1170 g/mol. The SMILES string of the molecule is C=CC(=O)N1CC[C@@H]2[C@H]1CN2c1ncnc2c(F)c(-c3cc(O)cc4cccc(Cl)c34)ncc12.C=CC(=O)OC(=O)C=C.COCOc1cc(-c2ncc3c(N4C[C@@H]5[C@H]4CCN5C(=O)OC(C)(C)C)ncnc3c2F)c2c(Cl)cccc2c1. The van der Waals surface area contributed by atoms with Crippen molar-refractivity contribution in [3.05, 3.63) is 145 Å². The van der Waals surface area contributed by atoms with Crippen molar-refractivity contribution in [2.24, 2.45) is 0 Å². The highest BCUT2D eigenvalue weighted by Gasteiger charge is 2.51. The maximum absolute atomic E-state index is 16.2. The van der Waals surface area contributed by atoms with Gasteiger partial charge in [0.05, 0.1) is 34.9 Å². The molecular formula is C60H54Cl2F2N10O9. The van der Waals surface area contributed by atoms with Crippen molar-refractivity contribution in [2.45, 2.75) is 63.4 Å². The summed E-state index contributed by atoms with van der Waals surface area (Å²) in [4.78, 5) is 79.3. The fourth-order valence-electron chi connectivity index (χ4n) is 10.9. The smallest absolute Gasteiger partial charge is 0.410 e. The molecular weight excluding hydrogens is 1110 g/mol. The zero-order valence-corrected chi connectivity index (χ0v) is 46.9. The van der Waals surface area contributed by atoms with E-state index in [9.17, 15) is 24.3 Å². The lowest BCUT2D eigenvalue weighted by Crippen LogP contribution is -2.63. The molecule has 0 radical (unpaired) electrons.